The molecule has 1 atom stereocenters. The molecule has 3 N–H and O–H groups in total. The third kappa shape index (κ3) is 5.06. The first-order chi connectivity index (χ1) is 12.5. The van der Waals surface area contributed by atoms with Crippen LogP contribution in [-0.4, -0.2) is 72.1 Å². The van der Waals surface area contributed by atoms with Crippen molar-refractivity contribution < 1.29 is 29.2 Å². The predicted octanol–water partition coefficient (Wildman–Crippen LogP) is 0.802. The van der Waals surface area contributed by atoms with Crippen LogP contribution in [0.25, 0.3) is 0 Å². The molecular weight excluding hydrogens is 342 g/mol. The number of aromatic nitrogens is 1. The number of carboxylic acid groups (broad SMARTS) is 1. The first kappa shape index (κ1) is 19.9. The number of aliphatic imine (C=N–C) groups is 1. The maximum absolute atomic E-state index is 11.3. The molecule has 1 unspecified atom stereocenters. The first-order valence-electron chi connectivity index (χ1n) is 8.50. The normalized spacial score (nSPS) is 19.1. The number of aromatic hydroxyl groups is 1. The largest absolute Gasteiger partial charge is 0.503 e. The van der Waals surface area contributed by atoms with Crippen LogP contribution in [0.3, 0.4) is 0 Å². The highest BCUT2D eigenvalue weighted by Crippen LogP contribution is 2.29. The Kier molecular flexibility index (Phi) is 7.16. The van der Waals surface area contributed by atoms with Gasteiger partial charge in [0.2, 0.25) is 0 Å². The van der Waals surface area contributed by atoms with Gasteiger partial charge in [0.25, 0.3) is 0 Å². The molecule has 0 radical (unpaired) electrons. The highest BCUT2D eigenvalue weighted by molar-refractivity contribution is 6.04. The number of aliphatic carboxylic acids is 1. The lowest BCUT2D eigenvalue weighted by atomic mass is 10.1. The molecule has 2 heterocycles. The van der Waals surface area contributed by atoms with Gasteiger partial charge in [-0.3, -0.25) is 4.99 Å². The van der Waals surface area contributed by atoms with Crippen LogP contribution < -0.4 is 10.1 Å². The lowest BCUT2D eigenvalue weighted by Crippen LogP contribution is -2.50. The van der Waals surface area contributed by atoms with Gasteiger partial charge >= 0.3 is 5.97 Å². The summed E-state index contributed by atoms with van der Waals surface area (Å²) in [6.07, 6.45) is 2.43. The average Bonchev–Trinajstić information content (AvgIpc) is 3.02. The van der Waals surface area contributed by atoms with Crippen molar-refractivity contribution in [2.24, 2.45) is 4.99 Å². The molecule has 1 aliphatic rings. The summed E-state index contributed by atoms with van der Waals surface area (Å²) in [5.74, 6) is -0.765. The molecule has 2 rings (SSSR count). The van der Waals surface area contributed by atoms with Gasteiger partial charge in [0.1, 0.15) is 6.61 Å². The number of pyridine rings is 1. The molecule has 0 aromatic carbocycles. The van der Waals surface area contributed by atoms with Gasteiger partial charge in [-0.2, -0.15) is 0 Å². The minimum Gasteiger partial charge on any atom is -0.503 e. The van der Waals surface area contributed by atoms with E-state index in [2.05, 4.69) is 15.3 Å². The Morgan fingerprint density at radius 2 is 1.96 bits per heavy atom. The van der Waals surface area contributed by atoms with Gasteiger partial charge in [-0.05, 0) is 13.3 Å². The Bertz CT molecular complexity index is 651. The molecule has 1 aliphatic heterocycles. The molecule has 0 saturated heterocycles. The van der Waals surface area contributed by atoms with E-state index >= 15 is 0 Å². The Morgan fingerprint density at radius 3 is 2.62 bits per heavy atom. The minimum atomic E-state index is -1.21. The Hall–Kier alpha value is -2.39. The van der Waals surface area contributed by atoms with Crippen molar-refractivity contribution in [1.29, 1.82) is 0 Å². The number of hydrogen-bond acceptors (Lipinski definition) is 8. The highest BCUT2D eigenvalue weighted by Gasteiger charge is 2.39. The van der Waals surface area contributed by atoms with Gasteiger partial charge in [-0.25, -0.2) is 9.78 Å². The number of nitrogens with zero attached hydrogens (tertiary/aromatic N) is 2. The molecule has 0 spiro atoms. The van der Waals surface area contributed by atoms with Gasteiger partial charge in [0.05, 0.1) is 26.4 Å². The van der Waals surface area contributed by atoms with Gasteiger partial charge in [-0.15, -0.1) is 0 Å². The van der Waals surface area contributed by atoms with E-state index in [-0.39, 0.29) is 36.2 Å². The number of ether oxygens (including phenoxy) is 3. The van der Waals surface area contributed by atoms with Gasteiger partial charge in [0, 0.05) is 18.9 Å². The fraction of sp³-hybridized carbons (Fsp3) is 0.588. The molecule has 1 aromatic rings. The minimum absolute atomic E-state index is 0.0534. The molecular formula is C17H25N3O6. The summed E-state index contributed by atoms with van der Waals surface area (Å²) < 4.78 is 16.2. The van der Waals surface area contributed by atoms with Crippen molar-refractivity contribution in [3.8, 4) is 11.5 Å². The molecule has 9 heteroatoms. The third-order valence-corrected chi connectivity index (χ3v) is 3.74. The van der Waals surface area contributed by atoms with E-state index in [9.17, 15) is 15.0 Å². The lowest BCUT2D eigenvalue weighted by molar-refractivity contribution is -0.142. The summed E-state index contributed by atoms with van der Waals surface area (Å²) in [6.45, 7) is 5.94. The van der Waals surface area contributed by atoms with Crippen molar-refractivity contribution in [2.75, 3.05) is 39.6 Å². The van der Waals surface area contributed by atoms with Gasteiger partial charge in [-0.1, -0.05) is 6.92 Å². The van der Waals surface area contributed by atoms with Gasteiger partial charge < -0.3 is 29.7 Å². The van der Waals surface area contributed by atoms with Crippen LogP contribution >= 0.6 is 0 Å². The lowest BCUT2D eigenvalue weighted by Gasteiger charge is -2.19. The number of amidine groups is 1. The van der Waals surface area contributed by atoms with Crippen LogP contribution in [0.4, 0.5) is 0 Å². The first-order valence-corrected chi connectivity index (χ1v) is 8.50. The van der Waals surface area contributed by atoms with E-state index in [0.717, 1.165) is 6.42 Å². The van der Waals surface area contributed by atoms with Crippen LogP contribution in [0.2, 0.25) is 0 Å². The molecule has 0 saturated carbocycles. The van der Waals surface area contributed by atoms with E-state index in [1.807, 2.05) is 6.92 Å². The Labute approximate surface area is 152 Å². The smallest absolute Gasteiger partial charge is 0.331 e. The summed E-state index contributed by atoms with van der Waals surface area (Å²) in [6, 6.07) is 1.52. The van der Waals surface area contributed by atoms with E-state index in [1.54, 1.807) is 0 Å². The van der Waals surface area contributed by atoms with Crippen LogP contribution in [0.15, 0.2) is 17.3 Å². The standard InChI is InChI=1S/C17H25N3O6/c1-3-6-24-7-8-25-9-10-26-12-4-5-18-13(14(12)21)15-19-11-17(2,20-15)16(22)23/h4-5,21H,3,6-11H2,1-2H3,(H,19,20)(H,22,23). The van der Waals surface area contributed by atoms with E-state index < -0.39 is 11.5 Å². The van der Waals surface area contributed by atoms with Crippen molar-refractivity contribution >= 4 is 11.8 Å². The summed E-state index contributed by atoms with van der Waals surface area (Å²) >= 11 is 0. The van der Waals surface area contributed by atoms with Gasteiger partial charge in [0.15, 0.2) is 28.6 Å². The molecule has 9 nitrogen and oxygen atoms in total. The molecule has 0 bridgehead atoms. The van der Waals surface area contributed by atoms with Crippen LogP contribution in [0, 0.1) is 0 Å². The number of hydrogen-bond donors (Lipinski definition) is 3. The summed E-state index contributed by atoms with van der Waals surface area (Å²) in [4.78, 5) is 19.5. The Balaban J connectivity index is 1.85. The molecule has 144 valence electrons. The number of nitrogens with one attached hydrogen (secondary N) is 1. The third-order valence-electron chi connectivity index (χ3n) is 3.74. The quantitative estimate of drug-likeness (QED) is 0.491. The maximum atomic E-state index is 11.3. The van der Waals surface area contributed by atoms with E-state index in [4.69, 9.17) is 14.2 Å². The second-order valence-corrected chi connectivity index (χ2v) is 6.01. The van der Waals surface area contributed by atoms with Crippen molar-refractivity contribution in [3.05, 3.63) is 18.0 Å². The maximum Gasteiger partial charge on any atom is 0.331 e. The molecule has 0 fully saturated rings. The monoisotopic (exact) mass is 367 g/mol. The van der Waals surface area contributed by atoms with Crippen LogP contribution in [-0.2, 0) is 14.3 Å². The summed E-state index contributed by atoms with van der Waals surface area (Å²) in [5, 5.41) is 22.4. The Morgan fingerprint density at radius 1 is 1.27 bits per heavy atom. The van der Waals surface area contributed by atoms with Crippen molar-refractivity contribution in [2.45, 2.75) is 25.8 Å². The number of carboxylic acids is 1. The topological polar surface area (TPSA) is 122 Å². The predicted molar refractivity (Wildman–Crippen MR) is 93.9 cm³/mol. The van der Waals surface area contributed by atoms with E-state index in [1.165, 1.54) is 19.2 Å². The fourth-order valence-electron chi connectivity index (χ4n) is 2.24. The average molecular weight is 367 g/mol. The summed E-state index contributed by atoms with van der Waals surface area (Å²) in [5.41, 5.74) is -1.06. The summed E-state index contributed by atoms with van der Waals surface area (Å²) in [7, 11) is 0. The molecule has 0 aliphatic carbocycles. The second kappa shape index (κ2) is 9.35. The van der Waals surface area contributed by atoms with Crippen molar-refractivity contribution in [1.82, 2.24) is 10.3 Å². The molecule has 0 amide bonds. The zero-order valence-electron chi connectivity index (χ0n) is 15.0. The van der Waals surface area contributed by atoms with Crippen molar-refractivity contribution in [3.63, 3.8) is 0 Å². The highest BCUT2D eigenvalue weighted by atomic mass is 16.5. The fourth-order valence-corrected chi connectivity index (χ4v) is 2.24. The SMILES string of the molecule is CCCOCCOCCOc1ccnc(C2=NCC(C)(C(=O)O)N2)c1O. The van der Waals surface area contributed by atoms with Crippen LogP contribution in [0.5, 0.6) is 11.5 Å². The molecule has 1 aromatic heterocycles. The number of carbonyl (C=O) groups is 1. The van der Waals surface area contributed by atoms with E-state index in [0.29, 0.717) is 26.4 Å². The zero-order valence-corrected chi connectivity index (χ0v) is 15.0. The second-order valence-electron chi connectivity index (χ2n) is 6.01. The zero-order chi connectivity index (χ0) is 19.0. The number of rotatable bonds is 11. The molecule has 26 heavy (non-hydrogen) atoms. The van der Waals surface area contributed by atoms with Crippen LogP contribution in [0.1, 0.15) is 26.0 Å².